The van der Waals surface area contributed by atoms with E-state index in [1.54, 1.807) is 6.20 Å². The van der Waals surface area contributed by atoms with E-state index in [0.29, 0.717) is 5.69 Å². The fourth-order valence-corrected chi connectivity index (χ4v) is 7.01. The Bertz CT molecular complexity index is 1840. The SMILES string of the molecule is O=C(O)[C@H](Cc1cnc[nH]1)N(C(=O)OCC1c2ccccc2-c2ccccc21)C(c1ccccc1)(c1ccccc1)c1ccccc1. The van der Waals surface area contributed by atoms with Crippen molar-refractivity contribution in [3.8, 4) is 11.1 Å². The van der Waals surface area contributed by atoms with Gasteiger partial charge in [-0.15, -0.1) is 0 Å². The predicted octanol–water partition coefficient (Wildman–Crippen LogP) is 7.65. The number of aliphatic carboxylic acids is 1. The number of imidazole rings is 1. The molecule has 0 radical (unpaired) electrons. The van der Waals surface area contributed by atoms with Crippen LogP contribution >= 0.6 is 0 Å². The lowest BCUT2D eigenvalue weighted by Crippen LogP contribution is -2.59. The van der Waals surface area contributed by atoms with Crippen LogP contribution in [0.5, 0.6) is 0 Å². The molecule has 1 aliphatic carbocycles. The number of nitrogens with zero attached hydrogens (tertiary/aromatic N) is 2. The number of benzene rings is 5. The Labute approximate surface area is 273 Å². The molecule has 0 bridgehead atoms. The van der Waals surface area contributed by atoms with Crippen LogP contribution < -0.4 is 0 Å². The monoisotopic (exact) mass is 619 g/mol. The first-order valence-corrected chi connectivity index (χ1v) is 15.6. The third kappa shape index (κ3) is 5.36. The van der Waals surface area contributed by atoms with Crippen LogP contribution in [0.3, 0.4) is 0 Å². The maximum atomic E-state index is 15.0. The largest absolute Gasteiger partial charge is 0.480 e. The number of nitrogens with one attached hydrogen (secondary N) is 1. The number of rotatable bonds is 10. The van der Waals surface area contributed by atoms with Gasteiger partial charge in [0.2, 0.25) is 0 Å². The van der Waals surface area contributed by atoms with Gasteiger partial charge >= 0.3 is 12.1 Å². The molecule has 2 N–H and O–H groups in total. The number of ether oxygens (including phenoxy) is 1. The van der Waals surface area contributed by atoms with Crippen molar-refractivity contribution in [2.45, 2.75) is 23.9 Å². The number of carbonyl (C=O) groups excluding carboxylic acids is 1. The maximum absolute atomic E-state index is 15.0. The molecule has 0 saturated heterocycles. The van der Waals surface area contributed by atoms with Crippen LogP contribution in [0.1, 0.15) is 39.4 Å². The fraction of sp³-hybridized carbons (Fsp3) is 0.125. The van der Waals surface area contributed by atoms with E-state index < -0.39 is 23.6 Å². The molecular weight excluding hydrogens is 586 g/mol. The van der Waals surface area contributed by atoms with Gasteiger partial charge in [-0.2, -0.15) is 0 Å². The third-order valence-electron chi connectivity index (χ3n) is 9.03. The van der Waals surface area contributed by atoms with Crippen LogP contribution in [0.15, 0.2) is 152 Å². The molecule has 1 aliphatic rings. The molecule has 0 unspecified atom stereocenters. The number of fused-ring (bicyclic) bond motifs is 3. The molecule has 232 valence electrons. The first-order chi connectivity index (χ1) is 23.1. The van der Waals surface area contributed by atoms with Crippen LogP contribution in [-0.4, -0.2) is 44.7 Å². The topological polar surface area (TPSA) is 95.5 Å². The van der Waals surface area contributed by atoms with E-state index in [1.165, 1.54) is 11.2 Å². The first-order valence-electron chi connectivity index (χ1n) is 15.6. The lowest BCUT2D eigenvalue weighted by Gasteiger charge is -2.47. The lowest BCUT2D eigenvalue weighted by molar-refractivity contribution is -0.144. The van der Waals surface area contributed by atoms with Gasteiger partial charge in [-0.05, 0) is 38.9 Å². The quantitative estimate of drug-likeness (QED) is 0.154. The van der Waals surface area contributed by atoms with Crippen molar-refractivity contribution in [2.24, 2.45) is 0 Å². The van der Waals surface area contributed by atoms with Crippen molar-refractivity contribution in [1.82, 2.24) is 14.9 Å². The van der Waals surface area contributed by atoms with Crippen LogP contribution in [0.4, 0.5) is 4.79 Å². The molecule has 0 saturated carbocycles. The highest BCUT2D eigenvalue weighted by Gasteiger charge is 2.51. The highest BCUT2D eigenvalue weighted by atomic mass is 16.6. The second-order valence-corrected chi connectivity index (χ2v) is 11.6. The van der Waals surface area contributed by atoms with Crippen molar-refractivity contribution in [1.29, 1.82) is 0 Å². The molecule has 1 amide bonds. The fourth-order valence-electron chi connectivity index (χ4n) is 7.01. The van der Waals surface area contributed by atoms with E-state index >= 15 is 0 Å². The van der Waals surface area contributed by atoms with Gasteiger partial charge in [0.1, 0.15) is 18.2 Å². The molecule has 0 spiro atoms. The lowest BCUT2D eigenvalue weighted by atomic mass is 9.74. The van der Waals surface area contributed by atoms with Gasteiger partial charge in [0, 0.05) is 24.2 Å². The highest BCUT2D eigenvalue weighted by Crippen LogP contribution is 2.47. The van der Waals surface area contributed by atoms with Crippen LogP contribution in [0.25, 0.3) is 11.1 Å². The van der Waals surface area contributed by atoms with Crippen LogP contribution in [0.2, 0.25) is 0 Å². The smallest absolute Gasteiger partial charge is 0.411 e. The number of amides is 1. The number of hydrogen-bond donors (Lipinski definition) is 2. The number of carboxylic acid groups (broad SMARTS) is 1. The van der Waals surface area contributed by atoms with Crippen molar-refractivity contribution in [3.05, 3.63) is 186 Å². The zero-order valence-corrected chi connectivity index (χ0v) is 25.6. The van der Waals surface area contributed by atoms with Crippen LogP contribution in [-0.2, 0) is 21.5 Å². The highest BCUT2D eigenvalue weighted by molar-refractivity contribution is 5.83. The second kappa shape index (κ2) is 12.8. The van der Waals surface area contributed by atoms with E-state index in [2.05, 4.69) is 34.2 Å². The van der Waals surface area contributed by atoms with E-state index in [-0.39, 0.29) is 18.9 Å². The number of aromatic nitrogens is 2. The molecule has 0 fully saturated rings. The molecule has 6 aromatic rings. The Hall–Kier alpha value is -5.95. The summed E-state index contributed by atoms with van der Waals surface area (Å²) in [5.41, 5.74) is 5.73. The summed E-state index contributed by atoms with van der Waals surface area (Å²) in [4.78, 5) is 37.0. The molecule has 1 heterocycles. The summed E-state index contributed by atoms with van der Waals surface area (Å²) in [5, 5.41) is 11.0. The van der Waals surface area contributed by atoms with Gasteiger partial charge < -0.3 is 14.8 Å². The van der Waals surface area contributed by atoms with Gasteiger partial charge in [-0.3, -0.25) is 4.90 Å². The van der Waals surface area contributed by atoms with E-state index in [4.69, 9.17) is 4.74 Å². The molecule has 7 rings (SSSR count). The Morgan fingerprint density at radius 2 is 1.19 bits per heavy atom. The number of carbonyl (C=O) groups is 2. The molecule has 1 atom stereocenters. The summed E-state index contributed by atoms with van der Waals surface area (Å²) < 4.78 is 6.32. The third-order valence-corrected chi connectivity index (χ3v) is 9.03. The first kappa shape index (κ1) is 29.7. The summed E-state index contributed by atoms with van der Waals surface area (Å²) in [7, 11) is 0. The van der Waals surface area contributed by atoms with Crippen molar-refractivity contribution in [3.63, 3.8) is 0 Å². The summed E-state index contributed by atoms with van der Waals surface area (Å²) in [6, 6.07) is 43.6. The summed E-state index contributed by atoms with van der Waals surface area (Å²) in [5.74, 6) is -1.37. The molecule has 1 aromatic heterocycles. The predicted molar refractivity (Wildman–Crippen MR) is 180 cm³/mol. The molecule has 7 heteroatoms. The summed E-state index contributed by atoms with van der Waals surface area (Å²) >= 11 is 0. The van der Waals surface area contributed by atoms with Crippen molar-refractivity contribution >= 4 is 12.1 Å². The van der Waals surface area contributed by atoms with Gasteiger partial charge in [-0.25, -0.2) is 14.6 Å². The minimum absolute atomic E-state index is 0.0201. The Kier molecular flexibility index (Phi) is 8.11. The molecule has 5 aromatic carbocycles. The number of hydrogen-bond acceptors (Lipinski definition) is 4. The van der Waals surface area contributed by atoms with Crippen molar-refractivity contribution in [2.75, 3.05) is 6.61 Å². The minimum Gasteiger partial charge on any atom is -0.480 e. The Morgan fingerprint density at radius 3 is 1.64 bits per heavy atom. The second-order valence-electron chi connectivity index (χ2n) is 11.6. The zero-order valence-electron chi connectivity index (χ0n) is 25.6. The van der Waals surface area contributed by atoms with Gasteiger partial charge in [-0.1, -0.05) is 140 Å². The molecule has 7 nitrogen and oxygen atoms in total. The molecule has 47 heavy (non-hydrogen) atoms. The van der Waals surface area contributed by atoms with Crippen LogP contribution in [0, 0.1) is 0 Å². The number of aromatic amines is 1. The number of carboxylic acids is 1. The van der Waals surface area contributed by atoms with E-state index in [1.807, 2.05) is 115 Å². The maximum Gasteiger partial charge on any atom is 0.411 e. The normalized spacial score (nSPS) is 12.9. The minimum atomic E-state index is -1.38. The number of H-pyrrole nitrogens is 1. The zero-order chi connectivity index (χ0) is 32.2. The average molecular weight is 620 g/mol. The van der Waals surface area contributed by atoms with E-state index in [0.717, 1.165) is 38.9 Å². The van der Waals surface area contributed by atoms with Gasteiger partial charge in [0.25, 0.3) is 0 Å². The Balaban J connectivity index is 1.41. The van der Waals surface area contributed by atoms with Gasteiger partial charge in [0.05, 0.1) is 6.33 Å². The van der Waals surface area contributed by atoms with Gasteiger partial charge in [0.15, 0.2) is 0 Å². The average Bonchev–Trinajstić information content (AvgIpc) is 3.76. The molecular formula is C40H33N3O4. The molecule has 0 aliphatic heterocycles. The van der Waals surface area contributed by atoms with Crippen molar-refractivity contribution < 1.29 is 19.4 Å². The summed E-state index contributed by atoms with van der Waals surface area (Å²) in [6.45, 7) is 0.0359. The van der Waals surface area contributed by atoms with E-state index in [9.17, 15) is 14.7 Å². The standard InChI is InChI=1S/C40H33N3O4/c44-38(45)37(24-31-25-41-27-42-31)43(39(46)47-26-36-34-22-12-10-20-32(34)33-21-11-13-23-35(33)36)40(28-14-4-1-5-15-28,29-16-6-2-7-17-29)30-18-8-3-9-19-30/h1-23,25,27,36-37H,24,26H2,(H,41,42)(H,44,45)/t37-/m0/s1. The Morgan fingerprint density at radius 1 is 0.723 bits per heavy atom. The summed E-state index contributed by atoms with van der Waals surface area (Å²) in [6.07, 6.45) is 2.33.